The van der Waals surface area contributed by atoms with E-state index in [1.165, 1.54) is 0 Å². The van der Waals surface area contributed by atoms with Crippen molar-refractivity contribution in [2.45, 2.75) is 37.5 Å². The maximum absolute atomic E-state index is 13.0. The molecule has 0 spiro atoms. The van der Waals surface area contributed by atoms with E-state index in [-0.39, 0.29) is 18.8 Å². The highest BCUT2D eigenvalue weighted by molar-refractivity contribution is 5.33. The van der Waals surface area contributed by atoms with E-state index >= 15 is 0 Å². The van der Waals surface area contributed by atoms with E-state index in [0.29, 0.717) is 18.4 Å². The number of nitriles is 1. The first-order chi connectivity index (χ1) is 7.61. The van der Waals surface area contributed by atoms with Crippen molar-refractivity contribution >= 4 is 0 Å². The predicted molar refractivity (Wildman–Crippen MR) is 57.3 cm³/mol. The van der Waals surface area contributed by atoms with Crippen molar-refractivity contribution in [3.63, 3.8) is 0 Å². The second kappa shape index (κ2) is 4.21. The van der Waals surface area contributed by atoms with E-state index in [1.807, 2.05) is 12.1 Å². The van der Waals surface area contributed by atoms with Crippen LogP contribution in [0, 0.1) is 11.3 Å². The SMILES string of the molecule is N#Cc1ccc(C2CCC(F)(F)CC2)cc1. The van der Waals surface area contributed by atoms with Gasteiger partial charge < -0.3 is 0 Å². The maximum Gasteiger partial charge on any atom is 0.248 e. The monoisotopic (exact) mass is 221 g/mol. The highest BCUT2D eigenvalue weighted by Crippen LogP contribution is 2.40. The number of benzene rings is 1. The Morgan fingerprint density at radius 3 is 2.19 bits per heavy atom. The number of rotatable bonds is 1. The summed E-state index contributed by atoms with van der Waals surface area (Å²) in [6, 6.07) is 9.32. The van der Waals surface area contributed by atoms with Crippen LogP contribution >= 0.6 is 0 Å². The number of nitrogens with zero attached hydrogens (tertiary/aromatic N) is 1. The lowest BCUT2D eigenvalue weighted by molar-refractivity contribution is -0.0382. The highest BCUT2D eigenvalue weighted by Gasteiger charge is 2.35. The van der Waals surface area contributed by atoms with Crippen LogP contribution in [0.15, 0.2) is 24.3 Å². The zero-order valence-corrected chi connectivity index (χ0v) is 8.92. The third-order valence-corrected chi connectivity index (χ3v) is 3.23. The smallest absolute Gasteiger partial charge is 0.207 e. The molecule has 1 fully saturated rings. The number of hydrogen-bond donors (Lipinski definition) is 0. The van der Waals surface area contributed by atoms with Gasteiger partial charge in [0.05, 0.1) is 11.6 Å². The molecule has 0 N–H and O–H groups in total. The van der Waals surface area contributed by atoms with Crippen LogP contribution in [0.2, 0.25) is 0 Å². The van der Waals surface area contributed by atoms with Crippen LogP contribution in [0.25, 0.3) is 0 Å². The molecule has 1 aromatic carbocycles. The molecule has 0 unspecified atom stereocenters. The van der Waals surface area contributed by atoms with Crippen molar-refractivity contribution in [1.82, 2.24) is 0 Å². The molecule has 0 saturated heterocycles. The lowest BCUT2D eigenvalue weighted by atomic mass is 9.82. The summed E-state index contributed by atoms with van der Waals surface area (Å²) in [6.07, 6.45) is 1.05. The fraction of sp³-hybridized carbons (Fsp3) is 0.462. The first-order valence-corrected chi connectivity index (χ1v) is 5.49. The molecule has 0 atom stereocenters. The summed E-state index contributed by atoms with van der Waals surface area (Å²) in [5.74, 6) is -2.24. The van der Waals surface area contributed by atoms with Gasteiger partial charge in [-0.05, 0) is 36.5 Å². The van der Waals surface area contributed by atoms with Crippen molar-refractivity contribution in [2.75, 3.05) is 0 Å². The Hall–Kier alpha value is -1.43. The van der Waals surface area contributed by atoms with Crippen LogP contribution in [0.3, 0.4) is 0 Å². The first-order valence-electron chi connectivity index (χ1n) is 5.49. The van der Waals surface area contributed by atoms with Gasteiger partial charge in [-0.2, -0.15) is 5.26 Å². The standard InChI is InChI=1S/C13H13F2N/c14-13(15)7-5-12(6-8-13)11-3-1-10(9-16)2-4-11/h1-4,12H,5-8H2. The van der Waals surface area contributed by atoms with Gasteiger partial charge in [0, 0.05) is 12.8 Å². The molecule has 16 heavy (non-hydrogen) atoms. The summed E-state index contributed by atoms with van der Waals surface area (Å²) in [6.45, 7) is 0. The van der Waals surface area contributed by atoms with Crippen LogP contribution in [-0.2, 0) is 0 Å². The fourth-order valence-electron chi connectivity index (χ4n) is 2.20. The zero-order chi connectivity index (χ0) is 11.6. The Labute approximate surface area is 93.7 Å². The number of halogens is 2. The molecule has 0 aliphatic heterocycles. The van der Waals surface area contributed by atoms with E-state index in [1.54, 1.807) is 12.1 Å². The van der Waals surface area contributed by atoms with Crippen LogP contribution in [0.5, 0.6) is 0 Å². The van der Waals surface area contributed by atoms with Crippen LogP contribution in [-0.4, -0.2) is 5.92 Å². The summed E-state index contributed by atoms with van der Waals surface area (Å²) >= 11 is 0. The number of alkyl halides is 2. The van der Waals surface area contributed by atoms with Crippen LogP contribution in [0.1, 0.15) is 42.7 Å². The summed E-state index contributed by atoms with van der Waals surface area (Å²) in [7, 11) is 0. The molecule has 1 nitrogen and oxygen atoms in total. The van der Waals surface area contributed by atoms with Gasteiger partial charge in [-0.25, -0.2) is 8.78 Å². The lowest BCUT2D eigenvalue weighted by Crippen LogP contribution is -2.23. The van der Waals surface area contributed by atoms with Gasteiger partial charge >= 0.3 is 0 Å². The molecule has 1 aliphatic rings. The summed E-state index contributed by atoms with van der Waals surface area (Å²) < 4.78 is 25.9. The molecule has 0 radical (unpaired) electrons. The third kappa shape index (κ3) is 2.38. The highest BCUT2D eigenvalue weighted by atomic mass is 19.3. The molecular formula is C13H13F2N. The molecular weight excluding hydrogens is 208 g/mol. The summed E-state index contributed by atoms with van der Waals surface area (Å²) in [5.41, 5.74) is 1.69. The van der Waals surface area contributed by atoms with Crippen molar-refractivity contribution in [2.24, 2.45) is 0 Å². The largest absolute Gasteiger partial charge is 0.248 e. The van der Waals surface area contributed by atoms with Crippen LogP contribution < -0.4 is 0 Å². The molecule has 84 valence electrons. The van der Waals surface area contributed by atoms with Gasteiger partial charge in [0.2, 0.25) is 5.92 Å². The molecule has 0 aromatic heterocycles. The lowest BCUT2D eigenvalue weighted by Gasteiger charge is -2.28. The first kappa shape index (κ1) is 11.1. The van der Waals surface area contributed by atoms with Crippen molar-refractivity contribution < 1.29 is 8.78 Å². The molecule has 3 heteroatoms. The summed E-state index contributed by atoms with van der Waals surface area (Å²) in [4.78, 5) is 0. The molecule has 0 bridgehead atoms. The Morgan fingerprint density at radius 2 is 1.69 bits per heavy atom. The van der Waals surface area contributed by atoms with E-state index in [2.05, 4.69) is 6.07 Å². The second-order valence-electron chi connectivity index (χ2n) is 4.36. The molecule has 1 saturated carbocycles. The molecule has 1 aliphatic carbocycles. The molecule has 0 heterocycles. The Kier molecular flexibility index (Phi) is 2.91. The van der Waals surface area contributed by atoms with E-state index in [4.69, 9.17) is 5.26 Å². The normalized spacial score (nSPS) is 20.3. The maximum atomic E-state index is 13.0. The van der Waals surface area contributed by atoms with Gasteiger partial charge in [0.15, 0.2) is 0 Å². The van der Waals surface area contributed by atoms with Crippen molar-refractivity contribution in [1.29, 1.82) is 5.26 Å². The van der Waals surface area contributed by atoms with Gasteiger partial charge in [0.1, 0.15) is 0 Å². The Bertz CT molecular complexity index is 393. The van der Waals surface area contributed by atoms with Gasteiger partial charge in [-0.1, -0.05) is 12.1 Å². The minimum absolute atomic E-state index is 0.0162. The van der Waals surface area contributed by atoms with Crippen LogP contribution in [0.4, 0.5) is 8.78 Å². The topological polar surface area (TPSA) is 23.8 Å². The van der Waals surface area contributed by atoms with Gasteiger partial charge in [-0.15, -0.1) is 0 Å². The molecule has 2 rings (SSSR count). The average Bonchev–Trinajstić information content (AvgIpc) is 2.29. The zero-order valence-electron chi connectivity index (χ0n) is 8.92. The quantitative estimate of drug-likeness (QED) is 0.706. The minimum atomic E-state index is -2.47. The second-order valence-corrected chi connectivity index (χ2v) is 4.36. The van der Waals surface area contributed by atoms with E-state index in [9.17, 15) is 8.78 Å². The Balaban J connectivity index is 2.06. The van der Waals surface area contributed by atoms with Crippen molar-refractivity contribution in [3.8, 4) is 6.07 Å². The summed E-state index contributed by atoms with van der Waals surface area (Å²) in [5, 5.41) is 8.66. The van der Waals surface area contributed by atoms with Crippen molar-refractivity contribution in [3.05, 3.63) is 35.4 Å². The van der Waals surface area contributed by atoms with E-state index < -0.39 is 5.92 Å². The van der Waals surface area contributed by atoms with Gasteiger partial charge in [0.25, 0.3) is 0 Å². The molecule has 1 aromatic rings. The number of hydrogen-bond acceptors (Lipinski definition) is 1. The van der Waals surface area contributed by atoms with Gasteiger partial charge in [-0.3, -0.25) is 0 Å². The fourth-order valence-corrected chi connectivity index (χ4v) is 2.20. The minimum Gasteiger partial charge on any atom is -0.207 e. The third-order valence-electron chi connectivity index (χ3n) is 3.23. The molecule has 0 amide bonds. The Morgan fingerprint density at radius 1 is 1.12 bits per heavy atom. The average molecular weight is 221 g/mol. The van der Waals surface area contributed by atoms with E-state index in [0.717, 1.165) is 5.56 Å². The predicted octanol–water partition coefficient (Wildman–Crippen LogP) is 3.85.